The maximum absolute atomic E-state index is 14.2. The summed E-state index contributed by atoms with van der Waals surface area (Å²) in [6.45, 7) is 1.73. The molecule has 0 radical (unpaired) electrons. The Bertz CT molecular complexity index is 1620. The quantitative estimate of drug-likeness (QED) is 0.298. The Hall–Kier alpha value is -3.94. The lowest BCUT2D eigenvalue weighted by Gasteiger charge is -2.29. The number of hydrogen-bond acceptors (Lipinski definition) is 7. The molecule has 1 aliphatic heterocycles. The van der Waals surface area contributed by atoms with Gasteiger partial charge in [0.25, 0.3) is 0 Å². The van der Waals surface area contributed by atoms with Crippen LogP contribution in [0.3, 0.4) is 0 Å². The molecule has 0 saturated carbocycles. The number of sulfonamides is 1. The van der Waals surface area contributed by atoms with Crippen molar-refractivity contribution in [2.75, 3.05) is 11.9 Å². The Morgan fingerprint density at radius 3 is 2.46 bits per heavy atom. The first kappa shape index (κ1) is 28.6. The molecule has 9 nitrogen and oxygen atoms in total. The molecule has 0 bridgehead atoms. The fourth-order valence-corrected chi connectivity index (χ4v) is 6.16. The minimum atomic E-state index is -4.43. The van der Waals surface area contributed by atoms with Gasteiger partial charge in [0, 0.05) is 18.2 Å². The van der Waals surface area contributed by atoms with Gasteiger partial charge in [0.1, 0.15) is 16.4 Å². The van der Waals surface area contributed by atoms with Gasteiger partial charge in [0.2, 0.25) is 10.0 Å². The summed E-state index contributed by atoms with van der Waals surface area (Å²) in [5.74, 6) is 0.650. The van der Waals surface area contributed by atoms with Crippen LogP contribution in [0, 0.1) is 0 Å². The van der Waals surface area contributed by atoms with Crippen LogP contribution in [-0.2, 0) is 35.8 Å². The molecule has 41 heavy (non-hydrogen) atoms. The molecule has 0 amide bonds. The first-order chi connectivity index (χ1) is 19.6. The summed E-state index contributed by atoms with van der Waals surface area (Å²) in [5, 5.41) is 21.1. The molecule has 1 atom stereocenters. The molecular formula is C28H28F3N5O4S. The SMILES string of the molecule is CCC(CO)Nc1cccc2c1S(=O)(=O)N(Cc1cn(Cc3ccc(C(F)(F)F)cc3)nn1)Cc1ccccc1O2. The van der Waals surface area contributed by atoms with Crippen LogP contribution in [-0.4, -0.2) is 45.5 Å². The Balaban J connectivity index is 1.47. The van der Waals surface area contributed by atoms with Crippen molar-refractivity contribution in [3.05, 3.63) is 95.3 Å². The van der Waals surface area contributed by atoms with Crippen LogP contribution in [0.15, 0.2) is 77.8 Å². The van der Waals surface area contributed by atoms with E-state index < -0.39 is 21.8 Å². The largest absolute Gasteiger partial charge is 0.456 e. The molecule has 1 unspecified atom stereocenters. The first-order valence-electron chi connectivity index (χ1n) is 12.9. The summed E-state index contributed by atoms with van der Waals surface area (Å²) < 4.78 is 75.9. The molecule has 0 aliphatic carbocycles. The van der Waals surface area contributed by atoms with Crippen LogP contribution in [0.5, 0.6) is 11.5 Å². The molecule has 1 aromatic heterocycles. The van der Waals surface area contributed by atoms with Crippen molar-refractivity contribution < 1.29 is 31.4 Å². The normalized spacial score (nSPS) is 15.6. The lowest BCUT2D eigenvalue weighted by atomic mass is 10.1. The van der Waals surface area contributed by atoms with Crippen LogP contribution in [0.4, 0.5) is 18.9 Å². The fourth-order valence-electron chi connectivity index (χ4n) is 4.53. The van der Waals surface area contributed by atoms with Crippen molar-refractivity contribution >= 4 is 15.7 Å². The molecule has 4 aromatic rings. The molecule has 0 saturated heterocycles. The van der Waals surface area contributed by atoms with Crippen molar-refractivity contribution in [2.24, 2.45) is 0 Å². The number of benzene rings is 3. The number of para-hydroxylation sites is 1. The topological polar surface area (TPSA) is 110 Å². The highest BCUT2D eigenvalue weighted by atomic mass is 32.2. The fraction of sp³-hybridized carbons (Fsp3) is 0.286. The highest BCUT2D eigenvalue weighted by molar-refractivity contribution is 7.89. The van der Waals surface area contributed by atoms with Gasteiger partial charge in [-0.3, -0.25) is 0 Å². The smallest absolute Gasteiger partial charge is 0.416 e. The number of aromatic nitrogens is 3. The third kappa shape index (κ3) is 6.21. The second-order valence-electron chi connectivity index (χ2n) is 9.65. The van der Waals surface area contributed by atoms with E-state index in [-0.39, 0.29) is 42.9 Å². The van der Waals surface area contributed by atoms with E-state index in [1.807, 2.05) is 6.92 Å². The van der Waals surface area contributed by atoms with E-state index in [1.54, 1.807) is 48.7 Å². The summed E-state index contributed by atoms with van der Waals surface area (Å²) in [7, 11) is -4.16. The van der Waals surface area contributed by atoms with Crippen LogP contribution >= 0.6 is 0 Å². The van der Waals surface area contributed by atoms with Gasteiger partial charge in [-0.05, 0) is 42.3 Å². The second-order valence-corrected chi connectivity index (χ2v) is 11.5. The Morgan fingerprint density at radius 2 is 1.76 bits per heavy atom. The minimum Gasteiger partial charge on any atom is -0.456 e. The van der Waals surface area contributed by atoms with E-state index in [0.717, 1.165) is 12.1 Å². The van der Waals surface area contributed by atoms with Crippen LogP contribution < -0.4 is 10.1 Å². The average Bonchev–Trinajstić information content (AvgIpc) is 3.38. The van der Waals surface area contributed by atoms with E-state index in [9.17, 15) is 26.7 Å². The Labute approximate surface area is 235 Å². The van der Waals surface area contributed by atoms with Gasteiger partial charge < -0.3 is 15.2 Å². The maximum atomic E-state index is 14.2. The van der Waals surface area contributed by atoms with E-state index >= 15 is 0 Å². The first-order valence-corrected chi connectivity index (χ1v) is 14.3. The summed E-state index contributed by atoms with van der Waals surface area (Å²) in [5.41, 5.74) is 1.15. The van der Waals surface area contributed by atoms with E-state index in [0.29, 0.717) is 34.7 Å². The molecule has 5 rings (SSSR count). The number of rotatable bonds is 8. The number of ether oxygens (including phenoxy) is 1. The summed E-state index contributed by atoms with van der Waals surface area (Å²) in [6.07, 6.45) is -2.29. The van der Waals surface area contributed by atoms with Crippen molar-refractivity contribution in [3.63, 3.8) is 0 Å². The van der Waals surface area contributed by atoms with E-state index in [4.69, 9.17) is 4.74 Å². The number of halogens is 3. The number of aliphatic hydroxyl groups excluding tert-OH is 1. The minimum absolute atomic E-state index is 0.00471. The monoisotopic (exact) mass is 587 g/mol. The zero-order chi connectivity index (χ0) is 29.2. The van der Waals surface area contributed by atoms with Gasteiger partial charge in [-0.15, -0.1) is 5.10 Å². The maximum Gasteiger partial charge on any atom is 0.416 e. The third-order valence-electron chi connectivity index (χ3n) is 6.74. The molecule has 2 N–H and O–H groups in total. The van der Waals surface area contributed by atoms with Crippen molar-refractivity contribution in [1.82, 2.24) is 19.3 Å². The highest BCUT2D eigenvalue weighted by Gasteiger charge is 2.35. The third-order valence-corrected chi connectivity index (χ3v) is 8.61. The molecule has 1 aliphatic rings. The number of fused-ring (bicyclic) bond motifs is 2. The second kappa shape index (κ2) is 11.5. The summed E-state index contributed by atoms with van der Waals surface area (Å²) >= 11 is 0. The van der Waals surface area contributed by atoms with Gasteiger partial charge in [0.05, 0.1) is 42.8 Å². The van der Waals surface area contributed by atoms with Crippen LogP contribution in [0.1, 0.15) is 35.7 Å². The highest BCUT2D eigenvalue weighted by Crippen LogP contribution is 2.41. The molecule has 13 heteroatoms. The van der Waals surface area contributed by atoms with Gasteiger partial charge >= 0.3 is 6.18 Å². The Morgan fingerprint density at radius 1 is 1.02 bits per heavy atom. The summed E-state index contributed by atoms with van der Waals surface area (Å²) in [4.78, 5) is -0.0569. The predicted molar refractivity (Wildman–Crippen MR) is 145 cm³/mol. The van der Waals surface area contributed by atoms with Gasteiger partial charge in [-0.25, -0.2) is 13.1 Å². The number of nitrogens with zero attached hydrogens (tertiary/aromatic N) is 4. The van der Waals surface area contributed by atoms with Gasteiger partial charge in [-0.1, -0.05) is 48.5 Å². The van der Waals surface area contributed by atoms with Gasteiger partial charge in [-0.2, -0.15) is 17.5 Å². The molecule has 0 fully saturated rings. The van der Waals surface area contributed by atoms with Crippen LogP contribution in [0.2, 0.25) is 0 Å². The molecular weight excluding hydrogens is 559 g/mol. The van der Waals surface area contributed by atoms with Crippen molar-refractivity contribution in [2.45, 2.75) is 50.1 Å². The van der Waals surface area contributed by atoms with Gasteiger partial charge in [0.15, 0.2) is 0 Å². The number of anilines is 1. The van der Waals surface area contributed by atoms with Crippen LogP contribution in [0.25, 0.3) is 0 Å². The average molecular weight is 588 g/mol. The Kier molecular flexibility index (Phi) is 8.02. The number of alkyl halides is 3. The van der Waals surface area contributed by atoms with E-state index in [2.05, 4.69) is 15.6 Å². The molecule has 0 spiro atoms. The predicted octanol–water partition coefficient (Wildman–Crippen LogP) is 5.02. The molecule has 216 valence electrons. The summed E-state index contributed by atoms with van der Waals surface area (Å²) in [6, 6.07) is 16.4. The number of hydrogen-bond donors (Lipinski definition) is 2. The zero-order valence-electron chi connectivity index (χ0n) is 22.0. The van der Waals surface area contributed by atoms with Crippen molar-refractivity contribution in [3.8, 4) is 11.5 Å². The lowest BCUT2D eigenvalue weighted by molar-refractivity contribution is -0.137. The number of aliphatic hydroxyl groups is 1. The zero-order valence-corrected chi connectivity index (χ0v) is 22.9. The lowest BCUT2D eigenvalue weighted by Crippen LogP contribution is -2.33. The van der Waals surface area contributed by atoms with Crippen molar-refractivity contribution in [1.29, 1.82) is 0 Å². The molecule has 2 heterocycles. The standard InChI is InChI=1S/C28H28F3N5O4S/c1-2-22(18-37)32-24-7-5-9-26-27(24)41(38,39)36(15-20-6-3-4-8-25(20)40-26)17-23-16-35(34-33-23)14-19-10-12-21(13-11-19)28(29,30)31/h3-13,16,22,32,37H,2,14-15,17-18H2,1H3. The van der Waals surface area contributed by atoms with E-state index in [1.165, 1.54) is 21.1 Å². The molecule has 3 aromatic carbocycles. The number of nitrogens with one attached hydrogen (secondary N) is 1.